The van der Waals surface area contributed by atoms with Crippen molar-refractivity contribution < 1.29 is 18.7 Å². The third kappa shape index (κ3) is 2.37. The molecule has 96 valence electrons. The molecule has 0 spiro atoms. The van der Waals surface area contributed by atoms with Gasteiger partial charge in [-0.25, -0.2) is 9.18 Å². The van der Waals surface area contributed by atoms with Gasteiger partial charge in [-0.05, 0) is 48.6 Å². The normalized spacial score (nSPS) is 15.6. The molecule has 0 atom stereocenters. The number of allylic oxidation sites excluding steroid dienone is 1. The molecule has 0 bridgehead atoms. The van der Waals surface area contributed by atoms with Crippen molar-refractivity contribution in [2.24, 2.45) is 0 Å². The Hall–Kier alpha value is -1.84. The van der Waals surface area contributed by atoms with Crippen LogP contribution in [-0.4, -0.2) is 19.7 Å². The molecule has 1 aromatic carbocycles. The van der Waals surface area contributed by atoms with Crippen molar-refractivity contribution in [1.82, 2.24) is 0 Å². The van der Waals surface area contributed by atoms with Crippen molar-refractivity contribution in [2.75, 3.05) is 13.7 Å². The van der Waals surface area contributed by atoms with Gasteiger partial charge >= 0.3 is 5.97 Å². The van der Waals surface area contributed by atoms with E-state index in [4.69, 9.17) is 9.47 Å². The lowest BCUT2D eigenvalue weighted by Gasteiger charge is -2.06. The van der Waals surface area contributed by atoms with E-state index in [0.717, 1.165) is 29.5 Å². The van der Waals surface area contributed by atoms with Crippen molar-refractivity contribution in [1.29, 1.82) is 0 Å². The Morgan fingerprint density at radius 1 is 1.44 bits per heavy atom. The minimum atomic E-state index is -0.409. The first-order valence-electron chi connectivity index (χ1n) is 5.89. The van der Waals surface area contributed by atoms with E-state index in [-0.39, 0.29) is 11.7 Å². The maximum absolute atomic E-state index is 13.6. The Labute approximate surface area is 105 Å². The van der Waals surface area contributed by atoms with Gasteiger partial charge in [0.1, 0.15) is 0 Å². The summed E-state index contributed by atoms with van der Waals surface area (Å²) < 4.78 is 23.4. The zero-order chi connectivity index (χ0) is 13.1. The quantitative estimate of drug-likeness (QED) is 0.611. The maximum Gasteiger partial charge on any atom is 0.331 e. The fraction of sp³-hybridized carbons (Fsp3) is 0.357. The average Bonchev–Trinajstić information content (AvgIpc) is 2.71. The van der Waals surface area contributed by atoms with Crippen molar-refractivity contribution in [3.63, 3.8) is 0 Å². The zero-order valence-corrected chi connectivity index (χ0v) is 10.5. The number of esters is 1. The van der Waals surface area contributed by atoms with Gasteiger partial charge in [0.05, 0.1) is 13.7 Å². The summed E-state index contributed by atoms with van der Waals surface area (Å²) in [5.41, 5.74) is 2.61. The van der Waals surface area contributed by atoms with E-state index in [1.165, 1.54) is 19.3 Å². The lowest BCUT2D eigenvalue weighted by atomic mass is 10.1. The molecule has 1 aliphatic rings. The molecule has 0 saturated heterocycles. The highest BCUT2D eigenvalue weighted by Gasteiger charge is 2.20. The highest BCUT2D eigenvalue weighted by atomic mass is 19.1. The van der Waals surface area contributed by atoms with E-state index in [2.05, 4.69) is 0 Å². The van der Waals surface area contributed by atoms with Crippen LogP contribution in [0.15, 0.2) is 18.2 Å². The number of benzene rings is 1. The highest BCUT2D eigenvalue weighted by molar-refractivity contribution is 5.93. The molecule has 2 rings (SSSR count). The third-order valence-electron chi connectivity index (χ3n) is 2.97. The summed E-state index contributed by atoms with van der Waals surface area (Å²) >= 11 is 0. The van der Waals surface area contributed by atoms with E-state index >= 15 is 0 Å². The molecule has 0 N–H and O–H groups in total. The second-order valence-corrected chi connectivity index (χ2v) is 4.07. The summed E-state index contributed by atoms with van der Waals surface area (Å²) in [6, 6.07) is 3.11. The number of hydrogen-bond donors (Lipinski definition) is 0. The standard InChI is InChI=1S/C14H15FO3/c1-3-18-14(16)7-10-5-4-9-6-13(17-2)12(15)8-11(9)10/h6-8H,3-5H2,1-2H3. The predicted molar refractivity (Wildman–Crippen MR) is 65.9 cm³/mol. The third-order valence-corrected chi connectivity index (χ3v) is 2.97. The first-order valence-corrected chi connectivity index (χ1v) is 5.89. The van der Waals surface area contributed by atoms with Gasteiger partial charge in [0.25, 0.3) is 0 Å². The first kappa shape index (κ1) is 12.6. The molecule has 0 fully saturated rings. The molecule has 1 aromatic rings. The van der Waals surface area contributed by atoms with Gasteiger partial charge in [0, 0.05) is 6.08 Å². The Balaban J connectivity index is 2.33. The molecule has 0 amide bonds. The van der Waals surface area contributed by atoms with Gasteiger partial charge in [-0.3, -0.25) is 0 Å². The number of rotatable bonds is 3. The van der Waals surface area contributed by atoms with E-state index in [9.17, 15) is 9.18 Å². The van der Waals surface area contributed by atoms with Crippen LogP contribution in [0.2, 0.25) is 0 Å². The molecule has 0 saturated carbocycles. The molecule has 0 heterocycles. The summed E-state index contributed by atoms with van der Waals surface area (Å²) in [6.45, 7) is 2.09. The fourth-order valence-corrected chi connectivity index (χ4v) is 2.14. The number of methoxy groups -OCH3 is 1. The van der Waals surface area contributed by atoms with Crippen molar-refractivity contribution in [2.45, 2.75) is 19.8 Å². The minimum absolute atomic E-state index is 0.242. The summed E-state index contributed by atoms with van der Waals surface area (Å²) in [4.78, 5) is 11.4. The summed E-state index contributed by atoms with van der Waals surface area (Å²) in [6.07, 6.45) is 2.96. The monoisotopic (exact) mass is 250 g/mol. The number of halogens is 1. The van der Waals surface area contributed by atoms with Crippen molar-refractivity contribution in [3.8, 4) is 5.75 Å². The molecule has 0 radical (unpaired) electrons. The molecule has 0 aromatic heterocycles. The van der Waals surface area contributed by atoms with Crippen LogP contribution in [0.1, 0.15) is 24.5 Å². The summed E-state index contributed by atoms with van der Waals surface area (Å²) in [5, 5.41) is 0. The van der Waals surface area contributed by atoms with Crippen molar-refractivity contribution in [3.05, 3.63) is 35.2 Å². The molecule has 0 unspecified atom stereocenters. The fourth-order valence-electron chi connectivity index (χ4n) is 2.14. The van der Waals surface area contributed by atoms with E-state index in [0.29, 0.717) is 6.61 Å². The van der Waals surface area contributed by atoms with Crippen LogP contribution in [0.3, 0.4) is 0 Å². The van der Waals surface area contributed by atoms with Crippen molar-refractivity contribution >= 4 is 11.5 Å². The molecule has 0 aliphatic heterocycles. The number of aryl methyl sites for hydroxylation is 1. The SMILES string of the molecule is CCOC(=O)C=C1CCc2cc(OC)c(F)cc21. The largest absolute Gasteiger partial charge is 0.494 e. The summed E-state index contributed by atoms with van der Waals surface area (Å²) in [7, 11) is 1.44. The van der Waals surface area contributed by atoms with Crippen LogP contribution < -0.4 is 4.74 Å². The van der Waals surface area contributed by atoms with Crippen LogP contribution in [-0.2, 0) is 16.0 Å². The van der Waals surface area contributed by atoms with Crippen LogP contribution in [0, 0.1) is 5.82 Å². The molecular formula is C14H15FO3. The average molecular weight is 250 g/mol. The topological polar surface area (TPSA) is 35.5 Å². The highest BCUT2D eigenvalue weighted by Crippen LogP contribution is 2.35. The molecule has 3 nitrogen and oxygen atoms in total. The number of fused-ring (bicyclic) bond motifs is 1. The molecular weight excluding hydrogens is 235 g/mol. The molecule has 18 heavy (non-hydrogen) atoms. The van der Waals surface area contributed by atoms with Gasteiger partial charge in [0.2, 0.25) is 0 Å². The number of carbonyl (C=O) groups is 1. The first-order chi connectivity index (χ1) is 8.65. The number of hydrogen-bond acceptors (Lipinski definition) is 3. The Morgan fingerprint density at radius 3 is 2.89 bits per heavy atom. The van der Waals surface area contributed by atoms with Gasteiger partial charge in [-0.2, -0.15) is 0 Å². The van der Waals surface area contributed by atoms with E-state index < -0.39 is 5.82 Å². The number of carbonyl (C=O) groups excluding carboxylic acids is 1. The smallest absolute Gasteiger partial charge is 0.331 e. The predicted octanol–water partition coefficient (Wildman–Crippen LogP) is 2.73. The minimum Gasteiger partial charge on any atom is -0.494 e. The molecule has 4 heteroatoms. The lowest BCUT2D eigenvalue weighted by molar-refractivity contribution is -0.137. The maximum atomic E-state index is 13.6. The second kappa shape index (κ2) is 5.21. The second-order valence-electron chi connectivity index (χ2n) is 4.07. The Bertz CT molecular complexity index is 506. The molecule has 1 aliphatic carbocycles. The van der Waals surface area contributed by atoms with E-state index in [1.807, 2.05) is 0 Å². The zero-order valence-electron chi connectivity index (χ0n) is 10.5. The Kier molecular flexibility index (Phi) is 3.65. The summed E-state index contributed by atoms with van der Waals surface area (Å²) in [5.74, 6) is -0.546. The van der Waals surface area contributed by atoms with Gasteiger partial charge in [0.15, 0.2) is 11.6 Å². The Morgan fingerprint density at radius 2 is 2.22 bits per heavy atom. The van der Waals surface area contributed by atoms with Crippen LogP contribution in [0.5, 0.6) is 5.75 Å². The van der Waals surface area contributed by atoms with Gasteiger partial charge < -0.3 is 9.47 Å². The number of ether oxygens (including phenoxy) is 2. The van der Waals surface area contributed by atoms with E-state index in [1.54, 1.807) is 13.0 Å². The van der Waals surface area contributed by atoms with Gasteiger partial charge in [-0.1, -0.05) is 0 Å². The van der Waals surface area contributed by atoms with Crippen LogP contribution >= 0.6 is 0 Å². The van der Waals surface area contributed by atoms with Gasteiger partial charge in [-0.15, -0.1) is 0 Å². The lowest BCUT2D eigenvalue weighted by Crippen LogP contribution is -2.00. The van der Waals surface area contributed by atoms with Crippen LogP contribution in [0.4, 0.5) is 4.39 Å². The van der Waals surface area contributed by atoms with Crippen LogP contribution in [0.25, 0.3) is 5.57 Å².